The second-order valence-corrected chi connectivity index (χ2v) is 5.32. The van der Waals surface area contributed by atoms with Gasteiger partial charge in [0.2, 0.25) is 0 Å². The SMILES string of the molecule is CCC(C)N(CC(C)C(=O)O)C(=O)c1ccc(C)cc1. The van der Waals surface area contributed by atoms with E-state index in [2.05, 4.69) is 0 Å². The summed E-state index contributed by atoms with van der Waals surface area (Å²) in [5.41, 5.74) is 1.70. The van der Waals surface area contributed by atoms with Gasteiger partial charge in [-0.1, -0.05) is 31.5 Å². The maximum Gasteiger partial charge on any atom is 0.308 e. The van der Waals surface area contributed by atoms with Crippen LogP contribution in [0.2, 0.25) is 0 Å². The van der Waals surface area contributed by atoms with Crippen LogP contribution in [0.4, 0.5) is 0 Å². The molecule has 1 aromatic carbocycles. The normalized spacial score (nSPS) is 13.6. The molecule has 0 heterocycles. The zero-order valence-corrected chi connectivity index (χ0v) is 12.6. The third-order valence-electron chi connectivity index (χ3n) is 3.57. The quantitative estimate of drug-likeness (QED) is 0.869. The fourth-order valence-electron chi connectivity index (χ4n) is 1.92. The van der Waals surface area contributed by atoms with Crippen molar-refractivity contribution in [3.8, 4) is 0 Å². The molecule has 0 aromatic heterocycles. The van der Waals surface area contributed by atoms with E-state index < -0.39 is 11.9 Å². The summed E-state index contributed by atoms with van der Waals surface area (Å²) in [6.07, 6.45) is 0.796. The molecule has 1 rings (SSSR count). The molecule has 4 heteroatoms. The van der Waals surface area contributed by atoms with Gasteiger partial charge >= 0.3 is 5.97 Å². The average Bonchev–Trinajstić information content (AvgIpc) is 2.43. The molecule has 0 radical (unpaired) electrons. The van der Waals surface area contributed by atoms with Crippen LogP contribution in [0.5, 0.6) is 0 Å². The number of nitrogens with zero attached hydrogens (tertiary/aromatic N) is 1. The molecule has 0 bridgehead atoms. The Labute approximate surface area is 120 Å². The van der Waals surface area contributed by atoms with Crippen LogP contribution in [-0.4, -0.2) is 34.5 Å². The smallest absolute Gasteiger partial charge is 0.308 e. The first kappa shape index (κ1) is 16.2. The van der Waals surface area contributed by atoms with E-state index in [1.165, 1.54) is 0 Å². The van der Waals surface area contributed by atoms with Crippen LogP contribution >= 0.6 is 0 Å². The highest BCUT2D eigenvalue weighted by molar-refractivity contribution is 5.94. The van der Waals surface area contributed by atoms with Crippen LogP contribution < -0.4 is 0 Å². The van der Waals surface area contributed by atoms with E-state index in [0.717, 1.165) is 12.0 Å². The van der Waals surface area contributed by atoms with Gasteiger partial charge in [-0.2, -0.15) is 0 Å². The van der Waals surface area contributed by atoms with Crippen LogP contribution in [0.25, 0.3) is 0 Å². The predicted octanol–water partition coefficient (Wildman–Crippen LogP) is 2.96. The molecule has 1 N–H and O–H groups in total. The molecule has 0 aliphatic heterocycles. The van der Waals surface area contributed by atoms with Crippen molar-refractivity contribution < 1.29 is 14.7 Å². The number of benzene rings is 1. The zero-order chi connectivity index (χ0) is 15.3. The van der Waals surface area contributed by atoms with Gasteiger partial charge in [-0.3, -0.25) is 9.59 Å². The van der Waals surface area contributed by atoms with E-state index in [0.29, 0.717) is 5.56 Å². The largest absolute Gasteiger partial charge is 0.481 e. The number of hydrogen-bond donors (Lipinski definition) is 1. The van der Waals surface area contributed by atoms with Gasteiger partial charge in [-0.25, -0.2) is 0 Å². The minimum Gasteiger partial charge on any atom is -0.481 e. The molecular formula is C16H23NO3. The first-order valence-electron chi connectivity index (χ1n) is 6.97. The highest BCUT2D eigenvalue weighted by Crippen LogP contribution is 2.14. The summed E-state index contributed by atoms with van der Waals surface area (Å²) in [4.78, 5) is 25.2. The number of carboxylic acids is 1. The molecule has 20 heavy (non-hydrogen) atoms. The number of aryl methyl sites for hydroxylation is 1. The Morgan fingerprint density at radius 2 is 1.75 bits per heavy atom. The van der Waals surface area contributed by atoms with Gasteiger partial charge in [0, 0.05) is 18.2 Å². The van der Waals surface area contributed by atoms with Gasteiger partial charge in [0.15, 0.2) is 0 Å². The number of aliphatic carboxylic acids is 1. The minimum atomic E-state index is -0.880. The maximum atomic E-state index is 12.5. The third-order valence-corrected chi connectivity index (χ3v) is 3.57. The number of carbonyl (C=O) groups excluding carboxylic acids is 1. The summed E-state index contributed by atoms with van der Waals surface area (Å²) in [5, 5.41) is 9.04. The first-order chi connectivity index (χ1) is 9.36. The number of amides is 1. The molecule has 0 spiro atoms. The van der Waals surface area contributed by atoms with Crippen molar-refractivity contribution in [2.75, 3.05) is 6.54 Å². The van der Waals surface area contributed by atoms with Gasteiger partial charge in [0.25, 0.3) is 5.91 Å². The van der Waals surface area contributed by atoms with Gasteiger partial charge in [-0.15, -0.1) is 0 Å². The lowest BCUT2D eigenvalue weighted by Crippen LogP contribution is -2.42. The molecule has 2 unspecified atom stereocenters. The van der Waals surface area contributed by atoms with Crippen LogP contribution in [0.1, 0.15) is 43.1 Å². The summed E-state index contributed by atoms with van der Waals surface area (Å²) >= 11 is 0. The number of carbonyl (C=O) groups is 2. The molecule has 4 nitrogen and oxygen atoms in total. The van der Waals surface area contributed by atoms with Gasteiger partial charge in [0.1, 0.15) is 0 Å². The van der Waals surface area contributed by atoms with Crippen molar-refractivity contribution in [3.63, 3.8) is 0 Å². The van der Waals surface area contributed by atoms with Crippen molar-refractivity contribution in [3.05, 3.63) is 35.4 Å². The van der Waals surface area contributed by atoms with E-state index in [1.807, 2.05) is 32.9 Å². The summed E-state index contributed by atoms with van der Waals surface area (Å²) in [6.45, 7) is 7.76. The Morgan fingerprint density at radius 3 is 2.20 bits per heavy atom. The highest BCUT2D eigenvalue weighted by atomic mass is 16.4. The maximum absolute atomic E-state index is 12.5. The molecule has 0 fully saturated rings. The Morgan fingerprint density at radius 1 is 1.20 bits per heavy atom. The van der Waals surface area contributed by atoms with Crippen LogP contribution in [0.15, 0.2) is 24.3 Å². The predicted molar refractivity (Wildman–Crippen MR) is 78.8 cm³/mol. The third kappa shape index (κ3) is 4.08. The topological polar surface area (TPSA) is 57.6 Å². The first-order valence-corrected chi connectivity index (χ1v) is 6.97. The fourth-order valence-corrected chi connectivity index (χ4v) is 1.92. The number of carboxylic acid groups (broad SMARTS) is 1. The van der Waals surface area contributed by atoms with Crippen LogP contribution in [0, 0.1) is 12.8 Å². The average molecular weight is 277 g/mol. The summed E-state index contributed by atoms with van der Waals surface area (Å²) < 4.78 is 0. The molecule has 110 valence electrons. The Kier molecular flexibility index (Phi) is 5.74. The van der Waals surface area contributed by atoms with Crippen LogP contribution in [-0.2, 0) is 4.79 Å². The van der Waals surface area contributed by atoms with E-state index in [1.54, 1.807) is 24.0 Å². The number of rotatable bonds is 6. The summed E-state index contributed by atoms with van der Waals surface area (Å²) in [7, 11) is 0. The standard InChI is InChI=1S/C16H23NO3/c1-5-13(4)17(10-12(3)16(19)20)15(18)14-8-6-11(2)7-9-14/h6-9,12-13H,5,10H2,1-4H3,(H,19,20). The van der Waals surface area contributed by atoms with Gasteiger partial charge in [0.05, 0.1) is 5.92 Å². The lowest BCUT2D eigenvalue weighted by molar-refractivity contribution is -0.141. The molecule has 0 aliphatic carbocycles. The van der Waals surface area contributed by atoms with Crippen molar-refractivity contribution in [2.24, 2.45) is 5.92 Å². The number of hydrogen-bond acceptors (Lipinski definition) is 2. The summed E-state index contributed by atoms with van der Waals surface area (Å²) in [6, 6.07) is 7.38. The second kappa shape index (κ2) is 7.08. The molecule has 1 amide bonds. The van der Waals surface area contributed by atoms with E-state index >= 15 is 0 Å². The second-order valence-electron chi connectivity index (χ2n) is 5.32. The zero-order valence-electron chi connectivity index (χ0n) is 12.6. The monoisotopic (exact) mass is 277 g/mol. The lowest BCUT2D eigenvalue weighted by Gasteiger charge is -2.30. The van der Waals surface area contributed by atoms with Crippen molar-refractivity contribution in [1.29, 1.82) is 0 Å². The van der Waals surface area contributed by atoms with E-state index in [4.69, 9.17) is 5.11 Å². The Bertz CT molecular complexity index is 467. The Hall–Kier alpha value is -1.84. The van der Waals surface area contributed by atoms with E-state index in [9.17, 15) is 9.59 Å². The minimum absolute atomic E-state index is 0.0191. The van der Waals surface area contributed by atoms with Gasteiger partial charge < -0.3 is 10.0 Å². The molecule has 0 saturated heterocycles. The highest BCUT2D eigenvalue weighted by Gasteiger charge is 2.24. The molecule has 1 aromatic rings. The van der Waals surface area contributed by atoms with Crippen molar-refractivity contribution in [1.82, 2.24) is 4.90 Å². The van der Waals surface area contributed by atoms with Crippen molar-refractivity contribution >= 4 is 11.9 Å². The molecule has 0 aliphatic rings. The van der Waals surface area contributed by atoms with Crippen molar-refractivity contribution in [2.45, 2.75) is 40.2 Å². The van der Waals surface area contributed by atoms with Gasteiger partial charge in [-0.05, 0) is 32.4 Å². The summed E-state index contributed by atoms with van der Waals surface area (Å²) in [5.74, 6) is -1.55. The van der Waals surface area contributed by atoms with Crippen LogP contribution in [0.3, 0.4) is 0 Å². The fraction of sp³-hybridized carbons (Fsp3) is 0.500. The lowest BCUT2D eigenvalue weighted by atomic mass is 10.1. The molecule has 0 saturated carbocycles. The molecular weight excluding hydrogens is 254 g/mol. The Balaban J connectivity index is 2.95. The molecule has 2 atom stereocenters. The van der Waals surface area contributed by atoms with E-state index in [-0.39, 0.29) is 18.5 Å².